The average Bonchev–Trinajstić information content (AvgIpc) is 2.40. The molecule has 2 aromatic carbocycles. The normalized spacial score (nSPS) is 10.2. The van der Waals surface area contributed by atoms with Gasteiger partial charge in [-0.3, -0.25) is 10.1 Å². The van der Waals surface area contributed by atoms with E-state index in [0.717, 1.165) is 0 Å². The minimum absolute atomic E-state index is 0.0857. The number of hydrogen-bond donors (Lipinski definition) is 3. The lowest BCUT2D eigenvalue weighted by molar-refractivity contribution is -0.384. The minimum Gasteiger partial charge on any atom is -0.504 e. The number of phenolic OH excluding ortho intramolecular Hbond substituents is 2. The first kappa shape index (κ1) is 14.0. The zero-order valence-electron chi connectivity index (χ0n) is 10.2. The van der Waals surface area contributed by atoms with Gasteiger partial charge in [-0.25, -0.2) is 0 Å². The van der Waals surface area contributed by atoms with E-state index >= 15 is 0 Å². The highest BCUT2D eigenvalue weighted by atomic mass is 35.5. The number of hydrogen-bond acceptors (Lipinski definition) is 5. The monoisotopic (exact) mass is 294 g/mol. The van der Waals surface area contributed by atoms with Crippen LogP contribution in [-0.4, -0.2) is 15.1 Å². The van der Waals surface area contributed by atoms with Gasteiger partial charge in [0.2, 0.25) is 0 Å². The van der Waals surface area contributed by atoms with E-state index in [2.05, 4.69) is 5.32 Å². The van der Waals surface area contributed by atoms with Crippen LogP contribution in [0.15, 0.2) is 36.4 Å². The summed E-state index contributed by atoms with van der Waals surface area (Å²) in [7, 11) is 0. The second-order valence-corrected chi connectivity index (χ2v) is 4.53. The molecule has 20 heavy (non-hydrogen) atoms. The predicted molar refractivity (Wildman–Crippen MR) is 75.2 cm³/mol. The summed E-state index contributed by atoms with van der Waals surface area (Å²) in [6.45, 7) is 0.245. The second kappa shape index (κ2) is 5.66. The fourth-order valence-corrected chi connectivity index (χ4v) is 1.86. The van der Waals surface area contributed by atoms with E-state index in [-0.39, 0.29) is 29.4 Å². The van der Waals surface area contributed by atoms with E-state index in [1.807, 2.05) is 0 Å². The van der Waals surface area contributed by atoms with E-state index in [1.54, 1.807) is 6.07 Å². The van der Waals surface area contributed by atoms with E-state index in [4.69, 9.17) is 11.6 Å². The molecule has 3 N–H and O–H groups in total. The van der Waals surface area contributed by atoms with Crippen LogP contribution in [0.25, 0.3) is 0 Å². The van der Waals surface area contributed by atoms with Crippen LogP contribution in [0.3, 0.4) is 0 Å². The summed E-state index contributed by atoms with van der Waals surface area (Å²) < 4.78 is 0. The molecule has 0 atom stereocenters. The van der Waals surface area contributed by atoms with Crippen molar-refractivity contribution in [2.45, 2.75) is 6.54 Å². The van der Waals surface area contributed by atoms with Crippen molar-refractivity contribution in [3.8, 4) is 11.5 Å². The molecule has 0 spiro atoms. The molecular formula is C13H11ClN2O4. The molecule has 0 radical (unpaired) electrons. The number of aromatic hydroxyl groups is 2. The molecule has 0 saturated heterocycles. The van der Waals surface area contributed by atoms with Crippen molar-refractivity contribution in [3.05, 3.63) is 57.1 Å². The summed E-state index contributed by atoms with van der Waals surface area (Å²) in [5.74, 6) is -0.465. The largest absolute Gasteiger partial charge is 0.504 e. The first-order valence-electron chi connectivity index (χ1n) is 5.66. The number of benzene rings is 2. The predicted octanol–water partition coefficient (Wildman–Crippen LogP) is 3.27. The molecule has 7 heteroatoms. The average molecular weight is 295 g/mol. The Labute approximate surface area is 119 Å². The van der Waals surface area contributed by atoms with Gasteiger partial charge in [0.05, 0.1) is 4.92 Å². The van der Waals surface area contributed by atoms with Crippen LogP contribution < -0.4 is 5.32 Å². The number of nitro benzene ring substituents is 1. The van der Waals surface area contributed by atoms with Crippen molar-refractivity contribution < 1.29 is 15.1 Å². The fourth-order valence-electron chi connectivity index (χ4n) is 1.69. The quantitative estimate of drug-likeness (QED) is 0.457. The Morgan fingerprint density at radius 3 is 2.55 bits per heavy atom. The van der Waals surface area contributed by atoms with E-state index in [1.165, 1.54) is 30.3 Å². The van der Waals surface area contributed by atoms with Crippen LogP contribution >= 0.6 is 11.6 Å². The zero-order valence-corrected chi connectivity index (χ0v) is 11.0. The van der Waals surface area contributed by atoms with Crippen molar-refractivity contribution in [1.29, 1.82) is 0 Å². The van der Waals surface area contributed by atoms with Gasteiger partial charge in [-0.2, -0.15) is 0 Å². The second-order valence-electron chi connectivity index (χ2n) is 4.10. The van der Waals surface area contributed by atoms with Crippen LogP contribution in [0.5, 0.6) is 11.5 Å². The van der Waals surface area contributed by atoms with Crippen molar-refractivity contribution >= 4 is 23.0 Å². The van der Waals surface area contributed by atoms with Gasteiger partial charge in [-0.1, -0.05) is 17.7 Å². The van der Waals surface area contributed by atoms with Gasteiger partial charge in [0.25, 0.3) is 5.69 Å². The minimum atomic E-state index is -0.507. The van der Waals surface area contributed by atoms with Gasteiger partial charge >= 0.3 is 0 Å². The first-order valence-corrected chi connectivity index (χ1v) is 6.04. The van der Waals surface area contributed by atoms with E-state index < -0.39 is 4.92 Å². The standard InChI is InChI=1S/C13H11ClN2O4/c14-9-2-3-11(16(19)20)10(6-9)15-7-8-1-4-12(17)13(18)5-8/h1-6,15,17-18H,7H2. The molecule has 0 saturated carbocycles. The van der Waals surface area contributed by atoms with Crippen LogP contribution in [0.1, 0.15) is 5.56 Å². The fraction of sp³-hybridized carbons (Fsp3) is 0.0769. The summed E-state index contributed by atoms with van der Waals surface area (Å²) >= 11 is 5.81. The maximum atomic E-state index is 10.9. The van der Waals surface area contributed by atoms with Gasteiger partial charge < -0.3 is 15.5 Å². The zero-order chi connectivity index (χ0) is 14.7. The number of nitrogens with one attached hydrogen (secondary N) is 1. The lowest BCUT2D eigenvalue weighted by atomic mass is 10.2. The molecule has 0 fully saturated rings. The van der Waals surface area contributed by atoms with Crippen LogP contribution in [0, 0.1) is 10.1 Å². The van der Waals surface area contributed by atoms with Crippen LogP contribution in [0.4, 0.5) is 11.4 Å². The van der Waals surface area contributed by atoms with Crippen LogP contribution in [-0.2, 0) is 6.54 Å². The van der Waals surface area contributed by atoms with E-state index in [0.29, 0.717) is 10.6 Å². The lowest BCUT2D eigenvalue weighted by Crippen LogP contribution is -2.02. The molecule has 2 aromatic rings. The van der Waals surface area contributed by atoms with Gasteiger partial charge in [0.1, 0.15) is 5.69 Å². The molecule has 0 heterocycles. The molecule has 104 valence electrons. The third kappa shape index (κ3) is 3.10. The topological polar surface area (TPSA) is 95.6 Å². The Morgan fingerprint density at radius 1 is 1.15 bits per heavy atom. The van der Waals surface area contributed by atoms with Gasteiger partial charge in [0, 0.05) is 17.6 Å². The smallest absolute Gasteiger partial charge is 0.292 e. The molecule has 0 unspecified atom stereocenters. The van der Waals surface area contributed by atoms with Crippen molar-refractivity contribution in [2.24, 2.45) is 0 Å². The summed E-state index contributed by atoms with van der Waals surface area (Å²) in [6, 6.07) is 8.53. The Morgan fingerprint density at radius 2 is 1.90 bits per heavy atom. The van der Waals surface area contributed by atoms with Crippen LogP contribution in [0.2, 0.25) is 5.02 Å². The maximum Gasteiger partial charge on any atom is 0.292 e. The summed E-state index contributed by atoms with van der Waals surface area (Å²) in [5, 5.41) is 32.7. The number of rotatable bonds is 4. The molecule has 0 bridgehead atoms. The molecule has 0 aliphatic heterocycles. The summed E-state index contributed by atoms with van der Waals surface area (Å²) in [6.07, 6.45) is 0. The Balaban J connectivity index is 2.20. The summed E-state index contributed by atoms with van der Waals surface area (Å²) in [5.41, 5.74) is 0.863. The molecular weight excluding hydrogens is 284 g/mol. The highest BCUT2D eigenvalue weighted by Crippen LogP contribution is 2.29. The SMILES string of the molecule is O=[N+]([O-])c1ccc(Cl)cc1NCc1ccc(O)c(O)c1. The molecule has 2 rings (SSSR count). The molecule has 0 aliphatic rings. The number of anilines is 1. The Hall–Kier alpha value is -2.47. The highest BCUT2D eigenvalue weighted by Gasteiger charge is 2.13. The molecule has 6 nitrogen and oxygen atoms in total. The number of nitro groups is 1. The van der Waals surface area contributed by atoms with Gasteiger partial charge in [-0.05, 0) is 29.8 Å². The van der Waals surface area contributed by atoms with Gasteiger partial charge in [-0.15, -0.1) is 0 Å². The van der Waals surface area contributed by atoms with Crippen molar-refractivity contribution in [2.75, 3.05) is 5.32 Å². The summed E-state index contributed by atoms with van der Waals surface area (Å²) in [4.78, 5) is 10.4. The number of halogens is 1. The highest BCUT2D eigenvalue weighted by molar-refractivity contribution is 6.31. The van der Waals surface area contributed by atoms with Crippen molar-refractivity contribution in [3.63, 3.8) is 0 Å². The van der Waals surface area contributed by atoms with Gasteiger partial charge in [0.15, 0.2) is 11.5 Å². The molecule has 0 aliphatic carbocycles. The molecule has 0 aromatic heterocycles. The van der Waals surface area contributed by atoms with Crippen molar-refractivity contribution in [1.82, 2.24) is 0 Å². The van der Waals surface area contributed by atoms with E-state index in [9.17, 15) is 20.3 Å². The Bertz CT molecular complexity index is 661. The molecule has 0 amide bonds. The Kier molecular flexibility index (Phi) is 3.95. The first-order chi connectivity index (χ1) is 9.47. The third-order valence-corrected chi connectivity index (χ3v) is 2.91. The maximum absolute atomic E-state index is 10.9. The number of nitrogens with zero attached hydrogens (tertiary/aromatic N) is 1. The third-order valence-electron chi connectivity index (χ3n) is 2.68. The lowest BCUT2D eigenvalue weighted by Gasteiger charge is -2.08. The number of phenols is 2.